The van der Waals surface area contributed by atoms with Crippen molar-refractivity contribution in [2.24, 2.45) is 0 Å². The van der Waals surface area contributed by atoms with E-state index in [1.807, 2.05) is 0 Å². The number of hydrogen-bond acceptors (Lipinski definition) is 6. The number of imide groups is 1. The molecule has 1 spiro atoms. The second kappa shape index (κ2) is 8.40. The number of benzene rings is 1. The molecule has 1 saturated heterocycles. The molecule has 1 aromatic carbocycles. The van der Waals surface area contributed by atoms with Crippen molar-refractivity contribution in [3.8, 4) is 5.75 Å². The van der Waals surface area contributed by atoms with Crippen LogP contribution in [0.25, 0.3) is 0 Å². The molecule has 0 atom stereocenters. The summed E-state index contributed by atoms with van der Waals surface area (Å²) in [5.41, 5.74) is -0.290. The number of amides is 4. The first-order valence-electron chi connectivity index (χ1n) is 9.53. The summed E-state index contributed by atoms with van der Waals surface area (Å²) in [7, 11) is -3.12. The number of nitrogens with zero attached hydrogens (tertiary/aromatic N) is 1. The van der Waals surface area contributed by atoms with Gasteiger partial charge in [-0.3, -0.25) is 14.5 Å². The number of carbonyl (C=O) groups excluding carboxylic acids is 3. The molecule has 0 bridgehead atoms. The lowest BCUT2D eigenvalue weighted by molar-refractivity contribution is -0.131. The van der Waals surface area contributed by atoms with Gasteiger partial charge < -0.3 is 15.4 Å². The van der Waals surface area contributed by atoms with Crippen LogP contribution in [-0.2, 0) is 19.4 Å². The van der Waals surface area contributed by atoms with Crippen LogP contribution < -0.4 is 15.4 Å². The lowest BCUT2D eigenvalue weighted by Crippen LogP contribution is -2.44. The van der Waals surface area contributed by atoms with E-state index in [-0.39, 0.29) is 37.1 Å². The lowest BCUT2D eigenvalue weighted by Gasteiger charge is -2.19. The van der Waals surface area contributed by atoms with Gasteiger partial charge in [0.15, 0.2) is 9.84 Å². The number of urea groups is 1. The number of rotatable bonds is 8. The zero-order valence-electron chi connectivity index (χ0n) is 16.3. The summed E-state index contributed by atoms with van der Waals surface area (Å²) in [6.07, 6.45) is 4.21. The van der Waals surface area contributed by atoms with Gasteiger partial charge in [0.2, 0.25) is 5.91 Å². The fourth-order valence-corrected chi connectivity index (χ4v) is 3.99. The Morgan fingerprint density at radius 1 is 1.28 bits per heavy atom. The predicted octanol–water partition coefficient (Wildman–Crippen LogP) is 1.30. The number of hydrogen-bond donors (Lipinski definition) is 2. The highest BCUT2D eigenvalue weighted by molar-refractivity contribution is 7.90. The van der Waals surface area contributed by atoms with Crippen molar-refractivity contribution >= 4 is 33.4 Å². The van der Waals surface area contributed by atoms with E-state index >= 15 is 0 Å². The quantitative estimate of drug-likeness (QED) is 0.608. The summed E-state index contributed by atoms with van der Waals surface area (Å²) < 4.78 is 27.7. The summed E-state index contributed by atoms with van der Waals surface area (Å²) >= 11 is 0. The molecule has 0 unspecified atom stereocenters. The molecule has 29 heavy (non-hydrogen) atoms. The Kier molecular flexibility index (Phi) is 6.11. The van der Waals surface area contributed by atoms with Gasteiger partial charge in [0.1, 0.15) is 17.9 Å². The number of carbonyl (C=O) groups is 3. The van der Waals surface area contributed by atoms with E-state index in [0.29, 0.717) is 24.3 Å². The summed E-state index contributed by atoms with van der Waals surface area (Å²) in [6, 6.07) is 6.15. The Morgan fingerprint density at radius 2 is 2.00 bits per heavy atom. The highest BCUT2D eigenvalue weighted by atomic mass is 32.2. The molecule has 10 heteroatoms. The second-order valence-electron chi connectivity index (χ2n) is 7.48. The van der Waals surface area contributed by atoms with Crippen LogP contribution in [0.1, 0.15) is 32.1 Å². The minimum atomic E-state index is -3.12. The third kappa shape index (κ3) is 5.26. The number of sulfone groups is 1. The molecule has 0 radical (unpaired) electrons. The van der Waals surface area contributed by atoms with Gasteiger partial charge in [0.25, 0.3) is 5.91 Å². The van der Waals surface area contributed by atoms with Crippen LogP contribution in [0.15, 0.2) is 24.3 Å². The number of nitrogens with one attached hydrogen (secondary N) is 2. The molecule has 4 amide bonds. The molecule has 1 aliphatic heterocycles. The van der Waals surface area contributed by atoms with Crippen molar-refractivity contribution in [3.05, 3.63) is 24.3 Å². The van der Waals surface area contributed by atoms with Crippen LogP contribution in [-0.4, -0.2) is 61.9 Å². The van der Waals surface area contributed by atoms with Crippen molar-refractivity contribution in [3.63, 3.8) is 0 Å². The van der Waals surface area contributed by atoms with Gasteiger partial charge in [-0.2, -0.15) is 0 Å². The van der Waals surface area contributed by atoms with Gasteiger partial charge >= 0.3 is 6.03 Å². The third-order valence-electron chi connectivity index (χ3n) is 5.11. The van der Waals surface area contributed by atoms with Crippen LogP contribution in [0, 0.1) is 0 Å². The fraction of sp³-hybridized carbons (Fsp3) is 0.526. The molecule has 0 aromatic heterocycles. The highest BCUT2D eigenvalue weighted by Gasteiger charge is 2.52. The van der Waals surface area contributed by atoms with E-state index in [9.17, 15) is 22.8 Å². The van der Waals surface area contributed by atoms with Crippen LogP contribution >= 0.6 is 0 Å². The molecule has 1 aromatic rings. The topological polar surface area (TPSA) is 122 Å². The highest BCUT2D eigenvalue weighted by Crippen LogP contribution is 2.35. The first-order valence-corrected chi connectivity index (χ1v) is 11.6. The molecule has 2 fully saturated rings. The van der Waals surface area contributed by atoms with Gasteiger partial charge in [-0.1, -0.05) is 18.9 Å². The Bertz CT molecular complexity index is 908. The lowest BCUT2D eigenvalue weighted by atomic mass is 9.98. The zero-order chi connectivity index (χ0) is 21.1. The van der Waals surface area contributed by atoms with Crippen LogP contribution in [0.2, 0.25) is 0 Å². The van der Waals surface area contributed by atoms with Crippen LogP contribution in [0.3, 0.4) is 0 Å². The first kappa shape index (κ1) is 21.1. The SMILES string of the molecule is CS(=O)(=O)CCOc1cccc(NC(=O)CCN2C(=O)NC3(CCCC3)C2=O)c1. The zero-order valence-corrected chi connectivity index (χ0v) is 17.1. The number of anilines is 1. The number of ether oxygens (including phenoxy) is 1. The molecule has 1 heterocycles. The molecule has 2 aliphatic rings. The third-order valence-corrected chi connectivity index (χ3v) is 6.01. The maximum absolute atomic E-state index is 12.6. The van der Waals surface area contributed by atoms with E-state index in [2.05, 4.69) is 10.6 Å². The van der Waals surface area contributed by atoms with Crippen molar-refractivity contribution in [2.75, 3.05) is 30.5 Å². The van der Waals surface area contributed by atoms with Gasteiger partial charge in [-0.15, -0.1) is 0 Å². The Morgan fingerprint density at radius 3 is 2.69 bits per heavy atom. The largest absolute Gasteiger partial charge is 0.492 e. The Labute approximate surface area is 169 Å². The summed E-state index contributed by atoms with van der Waals surface area (Å²) in [5, 5.41) is 5.48. The Balaban J connectivity index is 1.50. The predicted molar refractivity (Wildman–Crippen MR) is 106 cm³/mol. The van der Waals surface area contributed by atoms with Crippen molar-refractivity contribution < 1.29 is 27.5 Å². The van der Waals surface area contributed by atoms with Crippen LogP contribution in [0.5, 0.6) is 5.75 Å². The van der Waals surface area contributed by atoms with Crippen molar-refractivity contribution in [1.29, 1.82) is 0 Å². The molecule has 9 nitrogen and oxygen atoms in total. The monoisotopic (exact) mass is 423 g/mol. The maximum atomic E-state index is 12.6. The second-order valence-corrected chi connectivity index (χ2v) is 9.74. The first-order chi connectivity index (χ1) is 13.7. The minimum absolute atomic E-state index is 0.0167. The van der Waals surface area contributed by atoms with Crippen molar-refractivity contribution in [1.82, 2.24) is 10.2 Å². The van der Waals surface area contributed by atoms with Gasteiger partial charge in [0.05, 0.1) is 5.75 Å². The van der Waals surface area contributed by atoms with Crippen molar-refractivity contribution in [2.45, 2.75) is 37.6 Å². The summed E-state index contributed by atoms with van der Waals surface area (Å²) in [4.78, 5) is 38.1. The average molecular weight is 423 g/mol. The molecule has 2 N–H and O–H groups in total. The van der Waals surface area contributed by atoms with E-state index in [1.165, 1.54) is 0 Å². The van der Waals surface area contributed by atoms with E-state index in [4.69, 9.17) is 4.74 Å². The standard InChI is InChI=1S/C19H25N3O6S/c1-29(26,27)12-11-28-15-6-4-5-14(13-15)20-16(23)7-10-22-17(24)19(21-18(22)25)8-2-3-9-19/h4-6,13H,2-3,7-12H2,1H3,(H,20,23)(H,21,25). The maximum Gasteiger partial charge on any atom is 0.325 e. The fourth-order valence-electron chi connectivity index (χ4n) is 3.61. The van der Waals surface area contributed by atoms with E-state index in [0.717, 1.165) is 24.0 Å². The van der Waals surface area contributed by atoms with Gasteiger partial charge in [0, 0.05) is 31.0 Å². The Hall–Kier alpha value is -2.62. The normalized spacial score (nSPS) is 18.2. The summed E-state index contributed by atoms with van der Waals surface area (Å²) in [5.74, 6) is -0.249. The molecule has 158 valence electrons. The molecule has 1 aliphatic carbocycles. The average Bonchev–Trinajstić information content (AvgIpc) is 3.18. The van der Waals surface area contributed by atoms with E-state index < -0.39 is 21.4 Å². The molecular weight excluding hydrogens is 398 g/mol. The molecular formula is C19H25N3O6S. The molecule has 3 rings (SSSR count). The molecule has 1 saturated carbocycles. The smallest absolute Gasteiger partial charge is 0.325 e. The van der Waals surface area contributed by atoms with Gasteiger partial charge in [-0.05, 0) is 25.0 Å². The van der Waals surface area contributed by atoms with Crippen LogP contribution in [0.4, 0.5) is 10.5 Å². The van der Waals surface area contributed by atoms with Gasteiger partial charge in [-0.25, -0.2) is 13.2 Å². The minimum Gasteiger partial charge on any atom is -0.492 e. The summed E-state index contributed by atoms with van der Waals surface area (Å²) in [6.45, 7) is 0.0347. The van der Waals surface area contributed by atoms with E-state index in [1.54, 1.807) is 24.3 Å².